The average Bonchev–Trinajstić information content (AvgIpc) is 2.77. The number of pyridine rings is 1. The molecular formula is C11H15BrClN3O. The fourth-order valence-corrected chi connectivity index (χ4v) is 2.45. The van der Waals surface area contributed by atoms with E-state index in [4.69, 9.17) is 5.73 Å². The molecule has 1 atom stereocenters. The van der Waals surface area contributed by atoms with Crippen LogP contribution in [0.4, 0.5) is 0 Å². The van der Waals surface area contributed by atoms with Gasteiger partial charge in [0.25, 0.3) is 5.91 Å². The summed E-state index contributed by atoms with van der Waals surface area (Å²) in [6.07, 6.45) is 3.65. The maximum Gasteiger partial charge on any atom is 0.273 e. The molecule has 1 aliphatic heterocycles. The Morgan fingerprint density at radius 1 is 1.65 bits per heavy atom. The van der Waals surface area contributed by atoms with Crippen LogP contribution in [0.25, 0.3) is 0 Å². The summed E-state index contributed by atoms with van der Waals surface area (Å²) in [6, 6.07) is 3.79. The summed E-state index contributed by atoms with van der Waals surface area (Å²) in [4.78, 5) is 18.2. The normalized spacial score (nSPS) is 18.9. The number of carbonyl (C=O) groups excluding carboxylic acids is 1. The Morgan fingerprint density at radius 2 is 2.41 bits per heavy atom. The van der Waals surface area contributed by atoms with Gasteiger partial charge < -0.3 is 10.6 Å². The number of amides is 1. The molecule has 0 aromatic carbocycles. The summed E-state index contributed by atoms with van der Waals surface area (Å²) in [5, 5.41) is 0. The summed E-state index contributed by atoms with van der Waals surface area (Å²) in [5.41, 5.74) is 6.13. The maximum atomic E-state index is 12.2. The predicted octanol–water partition coefficient (Wildman–Crippen LogP) is 1.83. The zero-order chi connectivity index (χ0) is 11.5. The molecule has 94 valence electrons. The Kier molecular flexibility index (Phi) is 5.36. The second-order valence-electron chi connectivity index (χ2n) is 3.86. The van der Waals surface area contributed by atoms with Crippen molar-refractivity contribution < 1.29 is 4.79 Å². The SMILES string of the molecule is Cl.NCC1CCCN1C(=O)c1ncccc1Br. The summed E-state index contributed by atoms with van der Waals surface area (Å²) >= 11 is 3.34. The van der Waals surface area contributed by atoms with E-state index in [0.717, 1.165) is 23.9 Å². The van der Waals surface area contributed by atoms with E-state index in [1.54, 1.807) is 12.3 Å². The van der Waals surface area contributed by atoms with E-state index in [1.807, 2.05) is 11.0 Å². The molecule has 6 heteroatoms. The first kappa shape index (κ1) is 14.4. The summed E-state index contributed by atoms with van der Waals surface area (Å²) in [5.74, 6) is -0.0274. The molecule has 0 spiro atoms. The number of carbonyl (C=O) groups is 1. The van der Waals surface area contributed by atoms with Gasteiger partial charge in [0.15, 0.2) is 0 Å². The number of hydrogen-bond donors (Lipinski definition) is 1. The topological polar surface area (TPSA) is 59.2 Å². The van der Waals surface area contributed by atoms with E-state index in [1.165, 1.54) is 0 Å². The molecule has 1 fully saturated rings. The first-order valence-corrected chi connectivity index (χ1v) is 6.15. The largest absolute Gasteiger partial charge is 0.333 e. The third kappa shape index (κ3) is 2.97. The first-order chi connectivity index (χ1) is 7.74. The Hall–Kier alpha value is -0.650. The van der Waals surface area contributed by atoms with Crippen LogP contribution >= 0.6 is 28.3 Å². The number of rotatable bonds is 2. The van der Waals surface area contributed by atoms with Crippen molar-refractivity contribution in [2.24, 2.45) is 5.73 Å². The minimum atomic E-state index is -0.0274. The van der Waals surface area contributed by atoms with E-state index in [-0.39, 0.29) is 24.4 Å². The van der Waals surface area contributed by atoms with Crippen molar-refractivity contribution in [2.75, 3.05) is 13.1 Å². The van der Waals surface area contributed by atoms with E-state index in [2.05, 4.69) is 20.9 Å². The van der Waals surface area contributed by atoms with Gasteiger partial charge in [-0.2, -0.15) is 0 Å². The highest BCUT2D eigenvalue weighted by Gasteiger charge is 2.29. The fourth-order valence-electron chi connectivity index (χ4n) is 2.03. The molecule has 0 saturated carbocycles. The van der Waals surface area contributed by atoms with Gasteiger partial charge in [0.1, 0.15) is 5.69 Å². The second-order valence-corrected chi connectivity index (χ2v) is 4.72. The zero-order valence-corrected chi connectivity index (χ0v) is 11.7. The molecule has 2 heterocycles. The van der Waals surface area contributed by atoms with E-state index >= 15 is 0 Å². The van der Waals surface area contributed by atoms with Crippen LogP contribution in [0.5, 0.6) is 0 Å². The van der Waals surface area contributed by atoms with Crippen molar-refractivity contribution in [2.45, 2.75) is 18.9 Å². The van der Waals surface area contributed by atoms with E-state index in [9.17, 15) is 4.79 Å². The lowest BCUT2D eigenvalue weighted by molar-refractivity contribution is 0.0734. The summed E-state index contributed by atoms with van der Waals surface area (Å²) in [6.45, 7) is 1.31. The Morgan fingerprint density at radius 3 is 3.06 bits per heavy atom. The summed E-state index contributed by atoms with van der Waals surface area (Å²) in [7, 11) is 0. The lowest BCUT2D eigenvalue weighted by Crippen LogP contribution is -2.40. The van der Waals surface area contributed by atoms with Gasteiger partial charge in [0, 0.05) is 29.8 Å². The van der Waals surface area contributed by atoms with E-state index in [0.29, 0.717) is 12.2 Å². The standard InChI is InChI=1S/C11H14BrN3O.ClH/c12-9-4-1-5-14-10(9)11(16)15-6-2-3-8(15)7-13;/h1,4-5,8H,2-3,6-7,13H2;1H. The molecule has 2 N–H and O–H groups in total. The van der Waals surface area contributed by atoms with Gasteiger partial charge in [-0.05, 0) is 40.9 Å². The van der Waals surface area contributed by atoms with Crippen LogP contribution in [0.2, 0.25) is 0 Å². The van der Waals surface area contributed by atoms with Gasteiger partial charge in [-0.25, -0.2) is 4.98 Å². The molecule has 0 aliphatic carbocycles. The van der Waals surface area contributed by atoms with Gasteiger partial charge in [0.2, 0.25) is 0 Å². The van der Waals surface area contributed by atoms with Crippen LogP contribution in [0.3, 0.4) is 0 Å². The number of hydrogen-bond acceptors (Lipinski definition) is 3. The lowest BCUT2D eigenvalue weighted by atomic mass is 10.2. The van der Waals surface area contributed by atoms with Crippen LogP contribution in [-0.2, 0) is 0 Å². The zero-order valence-electron chi connectivity index (χ0n) is 9.30. The molecule has 0 bridgehead atoms. The highest BCUT2D eigenvalue weighted by Crippen LogP contribution is 2.22. The minimum absolute atomic E-state index is 0. The molecular weight excluding hydrogens is 305 g/mol. The monoisotopic (exact) mass is 319 g/mol. The molecule has 0 radical (unpaired) electrons. The Balaban J connectivity index is 0.00000144. The minimum Gasteiger partial charge on any atom is -0.333 e. The van der Waals surface area contributed by atoms with Crippen molar-refractivity contribution >= 4 is 34.2 Å². The van der Waals surface area contributed by atoms with Crippen molar-refractivity contribution in [3.05, 3.63) is 28.5 Å². The smallest absolute Gasteiger partial charge is 0.273 e. The fraction of sp³-hybridized carbons (Fsp3) is 0.455. The van der Waals surface area contributed by atoms with Crippen LogP contribution < -0.4 is 5.73 Å². The molecule has 2 rings (SSSR count). The first-order valence-electron chi connectivity index (χ1n) is 5.35. The van der Waals surface area contributed by atoms with Gasteiger partial charge in [-0.1, -0.05) is 0 Å². The number of aromatic nitrogens is 1. The number of nitrogens with two attached hydrogens (primary N) is 1. The van der Waals surface area contributed by atoms with Crippen molar-refractivity contribution in [1.29, 1.82) is 0 Å². The van der Waals surface area contributed by atoms with Gasteiger partial charge in [-0.15, -0.1) is 12.4 Å². The molecule has 4 nitrogen and oxygen atoms in total. The third-order valence-corrected chi connectivity index (χ3v) is 3.51. The Bertz CT molecular complexity index is 402. The number of nitrogens with zero attached hydrogens (tertiary/aromatic N) is 2. The Labute approximate surface area is 115 Å². The van der Waals surface area contributed by atoms with Gasteiger partial charge in [0.05, 0.1) is 0 Å². The second kappa shape index (κ2) is 6.33. The average molecular weight is 321 g/mol. The van der Waals surface area contributed by atoms with Crippen LogP contribution in [0, 0.1) is 0 Å². The van der Waals surface area contributed by atoms with Gasteiger partial charge in [-0.3, -0.25) is 4.79 Å². The molecule has 1 unspecified atom stereocenters. The highest BCUT2D eigenvalue weighted by atomic mass is 79.9. The summed E-state index contributed by atoms with van der Waals surface area (Å²) < 4.78 is 0.739. The third-order valence-electron chi connectivity index (χ3n) is 2.87. The maximum absolute atomic E-state index is 12.2. The lowest BCUT2D eigenvalue weighted by Gasteiger charge is -2.23. The van der Waals surface area contributed by atoms with Crippen molar-refractivity contribution in [3.8, 4) is 0 Å². The molecule has 1 aliphatic rings. The van der Waals surface area contributed by atoms with Crippen LogP contribution in [-0.4, -0.2) is 34.9 Å². The van der Waals surface area contributed by atoms with Crippen molar-refractivity contribution in [3.63, 3.8) is 0 Å². The van der Waals surface area contributed by atoms with Crippen molar-refractivity contribution in [1.82, 2.24) is 9.88 Å². The quantitative estimate of drug-likeness (QED) is 0.904. The molecule has 1 saturated heterocycles. The van der Waals surface area contributed by atoms with E-state index < -0.39 is 0 Å². The number of likely N-dealkylation sites (tertiary alicyclic amines) is 1. The molecule has 1 aromatic heterocycles. The highest BCUT2D eigenvalue weighted by molar-refractivity contribution is 9.10. The molecule has 1 amide bonds. The van der Waals surface area contributed by atoms with Crippen LogP contribution in [0.1, 0.15) is 23.3 Å². The number of halogens is 2. The molecule has 17 heavy (non-hydrogen) atoms. The molecule has 1 aromatic rings. The van der Waals surface area contributed by atoms with Crippen LogP contribution in [0.15, 0.2) is 22.8 Å². The predicted molar refractivity (Wildman–Crippen MR) is 72.3 cm³/mol. The van der Waals surface area contributed by atoms with Gasteiger partial charge >= 0.3 is 0 Å².